The number of rotatable bonds is 7. The Balaban J connectivity index is 0.00000280. The lowest BCUT2D eigenvalue weighted by Crippen LogP contribution is -2.41. The van der Waals surface area contributed by atoms with Gasteiger partial charge in [0.25, 0.3) is 0 Å². The van der Waals surface area contributed by atoms with Gasteiger partial charge >= 0.3 is 0 Å². The highest BCUT2D eigenvalue weighted by molar-refractivity contribution is 14.0. The molecule has 0 aliphatic rings. The van der Waals surface area contributed by atoms with Crippen LogP contribution in [0.3, 0.4) is 0 Å². The van der Waals surface area contributed by atoms with Crippen molar-refractivity contribution in [3.05, 3.63) is 72.6 Å². The molecular weight excluding hydrogens is 467 g/mol. The smallest absolute Gasteiger partial charge is 0.226 e. The molecule has 2 aromatic carbocycles. The number of hydrogen-bond donors (Lipinski definition) is 2. The van der Waals surface area contributed by atoms with Gasteiger partial charge in [0, 0.05) is 12.6 Å². The van der Waals surface area contributed by atoms with Gasteiger partial charge in [0.2, 0.25) is 5.89 Å². The lowest BCUT2D eigenvalue weighted by molar-refractivity contribution is 0.224. The molecule has 0 fully saturated rings. The first-order chi connectivity index (χ1) is 13.2. The van der Waals surface area contributed by atoms with Crippen LogP contribution in [-0.2, 0) is 6.54 Å². The summed E-state index contributed by atoms with van der Waals surface area (Å²) in [7, 11) is 1.73. The number of oxazole rings is 1. The normalized spacial score (nSPS) is 12.0. The molecule has 1 aromatic heterocycles. The minimum atomic E-state index is 0. The van der Waals surface area contributed by atoms with Crippen LogP contribution in [-0.4, -0.2) is 30.6 Å². The molecule has 2 N–H and O–H groups in total. The van der Waals surface area contributed by atoms with Crippen molar-refractivity contribution in [3.8, 4) is 17.2 Å². The average Bonchev–Trinajstić information content (AvgIpc) is 3.19. The Labute approximate surface area is 182 Å². The van der Waals surface area contributed by atoms with E-state index in [0.717, 1.165) is 17.0 Å². The largest absolute Gasteiger partial charge is 0.489 e. The maximum Gasteiger partial charge on any atom is 0.226 e. The first-order valence-electron chi connectivity index (χ1n) is 8.90. The predicted molar refractivity (Wildman–Crippen MR) is 122 cm³/mol. The van der Waals surface area contributed by atoms with Crippen molar-refractivity contribution in [2.24, 2.45) is 4.99 Å². The molecule has 28 heavy (non-hydrogen) atoms. The molecule has 3 rings (SSSR count). The van der Waals surface area contributed by atoms with E-state index in [4.69, 9.17) is 9.15 Å². The first kappa shape index (κ1) is 21.7. The zero-order chi connectivity index (χ0) is 18.9. The maximum atomic E-state index is 5.85. The zero-order valence-corrected chi connectivity index (χ0v) is 18.3. The molecule has 0 aliphatic carbocycles. The number of aromatic nitrogens is 1. The quantitative estimate of drug-likeness (QED) is 0.296. The number of para-hydroxylation sites is 1. The molecular formula is C21H25IN4O2. The lowest BCUT2D eigenvalue weighted by Gasteiger charge is -2.17. The van der Waals surface area contributed by atoms with E-state index in [0.29, 0.717) is 24.9 Å². The van der Waals surface area contributed by atoms with E-state index < -0.39 is 0 Å². The minimum absolute atomic E-state index is 0. The van der Waals surface area contributed by atoms with E-state index in [2.05, 4.69) is 20.6 Å². The molecule has 1 unspecified atom stereocenters. The average molecular weight is 492 g/mol. The molecule has 148 valence electrons. The highest BCUT2D eigenvalue weighted by Gasteiger charge is 2.08. The van der Waals surface area contributed by atoms with Gasteiger partial charge in [0.05, 0.1) is 18.8 Å². The van der Waals surface area contributed by atoms with Gasteiger partial charge in [-0.1, -0.05) is 36.4 Å². The van der Waals surface area contributed by atoms with Crippen LogP contribution in [0.15, 0.2) is 76.3 Å². The van der Waals surface area contributed by atoms with Crippen molar-refractivity contribution in [2.75, 3.05) is 13.6 Å². The molecule has 0 aliphatic heterocycles. The summed E-state index contributed by atoms with van der Waals surface area (Å²) in [4.78, 5) is 8.73. The number of guanidine groups is 1. The number of halogens is 1. The number of benzene rings is 2. The number of hydrogen-bond acceptors (Lipinski definition) is 4. The van der Waals surface area contributed by atoms with E-state index in [1.165, 1.54) is 0 Å². The second-order valence-corrected chi connectivity index (χ2v) is 6.06. The van der Waals surface area contributed by atoms with Gasteiger partial charge in [-0.25, -0.2) is 4.98 Å². The Morgan fingerprint density at radius 3 is 2.43 bits per heavy atom. The van der Waals surface area contributed by atoms with Gasteiger partial charge in [-0.05, 0) is 31.2 Å². The molecule has 0 amide bonds. The zero-order valence-electron chi connectivity index (χ0n) is 16.0. The van der Waals surface area contributed by atoms with Gasteiger partial charge in [-0.3, -0.25) is 4.99 Å². The van der Waals surface area contributed by atoms with Crippen LogP contribution < -0.4 is 15.4 Å². The van der Waals surface area contributed by atoms with Crippen molar-refractivity contribution in [2.45, 2.75) is 19.6 Å². The van der Waals surface area contributed by atoms with Crippen LogP contribution >= 0.6 is 24.0 Å². The molecule has 0 saturated carbocycles. The van der Waals surface area contributed by atoms with Crippen LogP contribution in [0, 0.1) is 0 Å². The highest BCUT2D eigenvalue weighted by Crippen LogP contribution is 2.17. The minimum Gasteiger partial charge on any atom is -0.489 e. The summed E-state index contributed by atoms with van der Waals surface area (Å²) in [5, 5.41) is 6.48. The maximum absolute atomic E-state index is 5.85. The summed E-state index contributed by atoms with van der Waals surface area (Å²) in [6.45, 7) is 3.16. The summed E-state index contributed by atoms with van der Waals surface area (Å²) in [6.07, 6.45) is 1.66. The Kier molecular flexibility index (Phi) is 8.80. The van der Waals surface area contributed by atoms with E-state index in [-0.39, 0.29) is 30.1 Å². The van der Waals surface area contributed by atoms with Crippen molar-refractivity contribution >= 4 is 29.9 Å². The topological polar surface area (TPSA) is 71.7 Å². The monoisotopic (exact) mass is 492 g/mol. The second-order valence-electron chi connectivity index (χ2n) is 6.06. The summed E-state index contributed by atoms with van der Waals surface area (Å²) < 4.78 is 11.4. The fourth-order valence-corrected chi connectivity index (χ4v) is 2.51. The lowest BCUT2D eigenvalue weighted by atomic mass is 10.2. The van der Waals surface area contributed by atoms with E-state index in [1.54, 1.807) is 13.3 Å². The molecule has 0 saturated heterocycles. The van der Waals surface area contributed by atoms with Crippen molar-refractivity contribution in [3.63, 3.8) is 0 Å². The van der Waals surface area contributed by atoms with E-state index >= 15 is 0 Å². The Hall–Kier alpha value is -2.55. The number of ether oxygens (including phenoxy) is 1. The Bertz CT molecular complexity index is 853. The SMILES string of the molecule is CN=C(NCc1coc(-c2ccccc2)n1)NCC(C)Oc1ccccc1.I. The molecule has 1 heterocycles. The van der Waals surface area contributed by atoms with Crippen LogP contribution in [0.1, 0.15) is 12.6 Å². The molecule has 0 spiro atoms. The highest BCUT2D eigenvalue weighted by atomic mass is 127. The molecule has 6 nitrogen and oxygen atoms in total. The van der Waals surface area contributed by atoms with Crippen molar-refractivity contribution in [1.29, 1.82) is 0 Å². The van der Waals surface area contributed by atoms with Crippen LogP contribution in [0.25, 0.3) is 11.5 Å². The fourth-order valence-electron chi connectivity index (χ4n) is 2.51. The van der Waals surface area contributed by atoms with Crippen LogP contribution in [0.2, 0.25) is 0 Å². The molecule has 1 atom stereocenters. The summed E-state index contributed by atoms with van der Waals surface area (Å²) >= 11 is 0. The molecule has 3 aromatic rings. The molecule has 0 bridgehead atoms. The molecule has 0 radical (unpaired) electrons. The van der Waals surface area contributed by atoms with E-state index in [1.807, 2.05) is 67.6 Å². The third kappa shape index (κ3) is 6.56. The Morgan fingerprint density at radius 2 is 1.75 bits per heavy atom. The van der Waals surface area contributed by atoms with E-state index in [9.17, 15) is 0 Å². The summed E-state index contributed by atoms with van der Waals surface area (Å²) in [5.41, 5.74) is 1.77. The Morgan fingerprint density at radius 1 is 1.07 bits per heavy atom. The first-order valence-corrected chi connectivity index (χ1v) is 8.90. The second kappa shape index (κ2) is 11.3. The van der Waals surface area contributed by atoms with Gasteiger partial charge in [0.15, 0.2) is 5.96 Å². The number of nitrogens with zero attached hydrogens (tertiary/aromatic N) is 2. The summed E-state index contributed by atoms with van der Waals surface area (Å²) in [6, 6.07) is 19.6. The van der Waals surface area contributed by atoms with Crippen molar-refractivity contribution < 1.29 is 9.15 Å². The van der Waals surface area contributed by atoms with Gasteiger partial charge in [-0.2, -0.15) is 0 Å². The van der Waals surface area contributed by atoms with Crippen LogP contribution in [0.4, 0.5) is 0 Å². The van der Waals surface area contributed by atoms with Gasteiger partial charge in [-0.15, -0.1) is 24.0 Å². The summed E-state index contributed by atoms with van der Waals surface area (Å²) in [5.74, 6) is 2.15. The molecule has 7 heteroatoms. The van der Waals surface area contributed by atoms with Gasteiger partial charge in [0.1, 0.15) is 18.1 Å². The standard InChI is InChI=1S/C21H24N4O2.HI/c1-16(27-19-11-7-4-8-12-19)13-23-21(22-2)24-14-18-15-26-20(25-18)17-9-5-3-6-10-17;/h3-12,15-16H,13-14H2,1-2H3,(H2,22,23,24);1H. The fraction of sp³-hybridized carbons (Fsp3) is 0.238. The number of nitrogens with one attached hydrogen (secondary N) is 2. The third-order valence-corrected chi connectivity index (χ3v) is 3.87. The number of aliphatic imine (C=N–C) groups is 1. The van der Waals surface area contributed by atoms with Crippen LogP contribution in [0.5, 0.6) is 5.75 Å². The predicted octanol–water partition coefficient (Wildman–Crippen LogP) is 4.09. The van der Waals surface area contributed by atoms with Gasteiger partial charge < -0.3 is 19.8 Å². The third-order valence-electron chi connectivity index (χ3n) is 3.87. The van der Waals surface area contributed by atoms with Crippen molar-refractivity contribution in [1.82, 2.24) is 15.6 Å².